The third-order valence-electron chi connectivity index (χ3n) is 6.26. The zero-order chi connectivity index (χ0) is 27.9. The summed E-state index contributed by atoms with van der Waals surface area (Å²) in [5, 5.41) is 12.9. The molecule has 0 saturated carbocycles. The van der Waals surface area contributed by atoms with E-state index in [1.807, 2.05) is 31.2 Å². The lowest BCUT2D eigenvalue weighted by atomic mass is 9.94. The van der Waals surface area contributed by atoms with E-state index >= 15 is 0 Å². The molecule has 0 saturated heterocycles. The summed E-state index contributed by atoms with van der Waals surface area (Å²) in [6.07, 6.45) is -2.69. The number of hydrogen-bond acceptors (Lipinski definition) is 3. The highest BCUT2D eigenvalue weighted by Gasteiger charge is 2.31. The first kappa shape index (κ1) is 28.6. The van der Waals surface area contributed by atoms with Crippen LogP contribution in [0.2, 0.25) is 0 Å². The number of aryl methyl sites for hydroxylation is 1. The Morgan fingerprint density at radius 2 is 1.82 bits per heavy atom. The van der Waals surface area contributed by atoms with Gasteiger partial charge in [0.2, 0.25) is 0 Å². The maximum Gasteiger partial charge on any atom is 0.416 e. The standard InChI is InChI=1S/C30H33F3N2O3/c1-5-25(36)15-21-10-13-28(38-4)27(16-21)26-12-11-24(30(31,32)33)17-23(26)19-35(6-2)29(37)34-18-22-9-7-8-20(3)14-22/h5,7-14,16-17,36H,6,15,18-19H2,1-4H3,(H,34,37)/b25-5-. The van der Waals surface area contributed by atoms with Crippen molar-refractivity contribution in [2.45, 2.75) is 46.5 Å². The minimum atomic E-state index is -4.54. The largest absolute Gasteiger partial charge is 0.512 e. The highest BCUT2D eigenvalue weighted by molar-refractivity contribution is 5.77. The Hall–Kier alpha value is -3.94. The lowest BCUT2D eigenvalue weighted by Crippen LogP contribution is -2.39. The molecule has 3 aromatic rings. The molecule has 3 aromatic carbocycles. The number of nitrogens with one attached hydrogen (secondary N) is 1. The number of amides is 2. The molecule has 38 heavy (non-hydrogen) atoms. The van der Waals surface area contributed by atoms with Gasteiger partial charge in [-0.15, -0.1) is 0 Å². The summed E-state index contributed by atoms with van der Waals surface area (Å²) < 4.78 is 46.5. The van der Waals surface area contributed by atoms with Crippen LogP contribution in [-0.4, -0.2) is 29.7 Å². The zero-order valence-corrected chi connectivity index (χ0v) is 22.0. The number of nitrogens with zero attached hydrogens (tertiary/aromatic N) is 1. The molecule has 0 aliphatic rings. The average Bonchev–Trinajstić information content (AvgIpc) is 2.89. The van der Waals surface area contributed by atoms with Gasteiger partial charge in [0.1, 0.15) is 5.75 Å². The van der Waals surface area contributed by atoms with Crippen LogP contribution in [0.25, 0.3) is 11.1 Å². The quantitative estimate of drug-likeness (QED) is 0.285. The monoisotopic (exact) mass is 526 g/mol. The highest BCUT2D eigenvalue weighted by atomic mass is 19.4. The summed E-state index contributed by atoms with van der Waals surface area (Å²) in [5.74, 6) is 0.651. The van der Waals surface area contributed by atoms with Crippen molar-refractivity contribution in [1.29, 1.82) is 0 Å². The van der Waals surface area contributed by atoms with Crippen LogP contribution in [0.15, 0.2) is 72.5 Å². The van der Waals surface area contributed by atoms with Gasteiger partial charge in [0.25, 0.3) is 0 Å². The van der Waals surface area contributed by atoms with E-state index in [9.17, 15) is 23.1 Å². The number of rotatable bonds is 9. The lowest BCUT2D eigenvalue weighted by molar-refractivity contribution is -0.137. The molecule has 0 radical (unpaired) electrons. The Kier molecular flexibility index (Phi) is 9.45. The third kappa shape index (κ3) is 7.31. The Morgan fingerprint density at radius 1 is 1.05 bits per heavy atom. The Bertz CT molecular complexity index is 1300. The van der Waals surface area contributed by atoms with E-state index in [1.165, 1.54) is 18.1 Å². The van der Waals surface area contributed by atoms with Gasteiger partial charge in [-0.3, -0.25) is 0 Å². The highest BCUT2D eigenvalue weighted by Crippen LogP contribution is 2.38. The van der Waals surface area contributed by atoms with Crippen molar-refractivity contribution in [3.05, 3.63) is 100 Å². The summed E-state index contributed by atoms with van der Waals surface area (Å²) in [4.78, 5) is 14.5. The molecule has 0 aliphatic carbocycles. The molecule has 0 unspecified atom stereocenters. The van der Waals surface area contributed by atoms with Gasteiger partial charge in [-0.05, 0) is 73.4 Å². The Labute approximate surface area is 221 Å². The number of aliphatic hydroxyl groups excluding tert-OH is 1. The molecule has 0 heterocycles. The van der Waals surface area contributed by atoms with Crippen LogP contribution in [0.5, 0.6) is 5.75 Å². The molecular formula is C30H33F3N2O3. The second-order valence-corrected chi connectivity index (χ2v) is 9.02. The predicted octanol–water partition coefficient (Wildman–Crippen LogP) is 7.43. The van der Waals surface area contributed by atoms with Crippen LogP contribution >= 0.6 is 0 Å². The average molecular weight is 527 g/mol. The fourth-order valence-corrected chi connectivity index (χ4v) is 4.19. The lowest BCUT2D eigenvalue weighted by Gasteiger charge is -2.24. The number of halogens is 3. The first-order valence-corrected chi connectivity index (χ1v) is 12.4. The number of hydrogen-bond donors (Lipinski definition) is 2. The van der Waals surface area contributed by atoms with Gasteiger partial charge in [-0.2, -0.15) is 13.2 Å². The number of ether oxygens (including phenoxy) is 1. The van der Waals surface area contributed by atoms with Gasteiger partial charge in [0.05, 0.1) is 18.4 Å². The second-order valence-electron chi connectivity index (χ2n) is 9.02. The smallest absolute Gasteiger partial charge is 0.416 e. The number of methoxy groups -OCH3 is 1. The van der Waals surface area contributed by atoms with Crippen LogP contribution < -0.4 is 10.1 Å². The van der Waals surface area contributed by atoms with E-state index in [4.69, 9.17) is 4.74 Å². The number of carbonyl (C=O) groups is 1. The fourth-order valence-electron chi connectivity index (χ4n) is 4.19. The van der Waals surface area contributed by atoms with Gasteiger partial charge >= 0.3 is 12.2 Å². The van der Waals surface area contributed by atoms with Gasteiger partial charge in [0, 0.05) is 31.6 Å². The summed E-state index contributed by atoms with van der Waals surface area (Å²) in [7, 11) is 1.49. The molecule has 0 spiro atoms. The van der Waals surface area contributed by atoms with Gasteiger partial charge in [-0.25, -0.2) is 4.79 Å². The number of benzene rings is 3. The van der Waals surface area contributed by atoms with Crippen molar-refractivity contribution in [1.82, 2.24) is 10.2 Å². The van der Waals surface area contributed by atoms with E-state index in [2.05, 4.69) is 5.32 Å². The molecular weight excluding hydrogens is 493 g/mol. The maximum absolute atomic E-state index is 13.7. The molecule has 2 N–H and O–H groups in total. The molecule has 0 aliphatic heterocycles. The van der Waals surface area contributed by atoms with Crippen molar-refractivity contribution in [2.75, 3.05) is 13.7 Å². The van der Waals surface area contributed by atoms with Gasteiger partial charge in [-0.1, -0.05) is 42.0 Å². The molecule has 8 heteroatoms. The normalized spacial score (nSPS) is 11.8. The minimum Gasteiger partial charge on any atom is -0.512 e. The number of alkyl halides is 3. The van der Waals surface area contributed by atoms with Crippen LogP contribution in [0.3, 0.4) is 0 Å². The number of aliphatic hydroxyl groups is 1. The topological polar surface area (TPSA) is 61.8 Å². The molecule has 0 bridgehead atoms. The molecule has 0 atom stereocenters. The maximum atomic E-state index is 13.7. The van der Waals surface area contributed by atoms with Crippen LogP contribution in [-0.2, 0) is 25.7 Å². The number of allylic oxidation sites excluding steroid dienone is 2. The molecule has 2 amide bonds. The first-order chi connectivity index (χ1) is 18.0. The van der Waals surface area contributed by atoms with Crippen LogP contribution in [0, 0.1) is 6.92 Å². The van der Waals surface area contributed by atoms with Crippen LogP contribution in [0.4, 0.5) is 18.0 Å². The van der Waals surface area contributed by atoms with Gasteiger partial charge < -0.3 is 20.1 Å². The molecule has 202 valence electrons. The molecule has 0 fully saturated rings. The van der Waals surface area contributed by atoms with Crippen molar-refractivity contribution < 1.29 is 27.8 Å². The van der Waals surface area contributed by atoms with E-state index in [0.717, 1.165) is 28.8 Å². The zero-order valence-electron chi connectivity index (χ0n) is 22.0. The molecule has 0 aromatic heterocycles. The SMILES string of the molecule is C/C=C(\O)Cc1ccc(OC)c(-c2ccc(C(F)(F)F)cc2CN(CC)C(=O)NCc2cccc(C)c2)c1. The van der Waals surface area contributed by atoms with E-state index in [0.29, 0.717) is 35.5 Å². The summed E-state index contributed by atoms with van der Waals surface area (Å²) in [5.41, 5.74) is 3.39. The van der Waals surface area contributed by atoms with Crippen molar-refractivity contribution in [2.24, 2.45) is 0 Å². The first-order valence-electron chi connectivity index (χ1n) is 12.4. The van der Waals surface area contributed by atoms with Crippen molar-refractivity contribution in [3.8, 4) is 16.9 Å². The summed E-state index contributed by atoms with van der Waals surface area (Å²) in [6.45, 7) is 6.01. The predicted molar refractivity (Wildman–Crippen MR) is 143 cm³/mol. The Morgan fingerprint density at radius 3 is 2.45 bits per heavy atom. The number of carbonyl (C=O) groups excluding carboxylic acids is 1. The second kappa shape index (κ2) is 12.5. The summed E-state index contributed by atoms with van der Waals surface area (Å²) >= 11 is 0. The third-order valence-corrected chi connectivity index (χ3v) is 6.26. The number of urea groups is 1. The van der Waals surface area contributed by atoms with E-state index in [1.54, 1.807) is 38.1 Å². The fraction of sp³-hybridized carbons (Fsp3) is 0.300. The minimum absolute atomic E-state index is 0.0388. The van der Waals surface area contributed by atoms with E-state index < -0.39 is 11.7 Å². The Balaban J connectivity index is 1.99. The molecule has 3 rings (SSSR count). The van der Waals surface area contributed by atoms with Crippen LogP contribution in [0.1, 0.15) is 41.7 Å². The molecule has 5 nitrogen and oxygen atoms in total. The van der Waals surface area contributed by atoms with Crippen molar-refractivity contribution >= 4 is 6.03 Å². The summed E-state index contributed by atoms with van der Waals surface area (Å²) in [6, 6.07) is 16.2. The van der Waals surface area contributed by atoms with E-state index in [-0.39, 0.29) is 24.8 Å². The van der Waals surface area contributed by atoms with Crippen molar-refractivity contribution in [3.63, 3.8) is 0 Å². The van der Waals surface area contributed by atoms with Gasteiger partial charge in [0.15, 0.2) is 0 Å².